The third-order valence-corrected chi connectivity index (χ3v) is 3.47. The molecule has 0 bridgehead atoms. The van der Waals surface area contributed by atoms with E-state index in [1.165, 1.54) is 0 Å². The largest absolute Gasteiger partial charge is 0.389 e. The molecule has 0 radical (unpaired) electrons. The maximum atomic E-state index is 10.2. The smallest absolute Gasteiger partial charge is 0.138 e. The zero-order valence-corrected chi connectivity index (χ0v) is 10.0. The number of nitrogens with zero attached hydrogens (tertiary/aromatic N) is 1. The minimum atomic E-state index is -0.487. The maximum absolute atomic E-state index is 10.2. The summed E-state index contributed by atoms with van der Waals surface area (Å²) in [6.07, 6.45) is 4.12. The third-order valence-electron chi connectivity index (χ3n) is 3.47. The Morgan fingerprint density at radius 2 is 2.06 bits per heavy atom. The molecule has 1 heterocycles. The first-order valence-corrected chi connectivity index (χ1v) is 5.96. The first-order valence-electron chi connectivity index (χ1n) is 5.96. The van der Waals surface area contributed by atoms with E-state index in [9.17, 15) is 5.11 Å². The molecule has 16 heavy (non-hydrogen) atoms. The highest BCUT2D eigenvalue weighted by molar-refractivity contribution is 5.20. The molecule has 0 aromatic carbocycles. The maximum Gasteiger partial charge on any atom is 0.138 e. The van der Waals surface area contributed by atoms with E-state index in [2.05, 4.69) is 10.5 Å². The summed E-state index contributed by atoms with van der Waals surface area (Å²) in [5.41, 5.74) is 1.56. The second-order valence-electron chi connectivity index (χ2n) is 4.84. The highest BCUT2D eigenvalue weighted by Gasteiger charge is 2.30. The van der Waals surface area contributed by atoms with Gasteiger partial charge in [-0.1, -0.05) is 18.0 Å². The molecule has 2 N–H and O–H groups in total. The highest BCUT2D eigenvalue weighted by atomic mass is 16.5. The molecule has 0 amide bonds. The Kier molecular flexibility index (Phi) is 3.30. The van der Waals surface area contributed by atoms with Crippen LogP contribution in [-0.2, 0) is 6.54 Å². The van der Waals surface area contributed by atoms with Crippen molar-refractivity contribution in [1.82, 2.24) is 10.5 Å². The minimum Gasteiger partial charge on any atom is -0.389 e. The van der Waals surface area contributed by atoms with Crippen molar-refractivity contribution in [3.05, 3.63) is 17.0 Å². The number of nitrogens with one attached hydrogen (secondary N) is 1. The summed E-state index contributed by atoms with van der Waals surface area (Å²) in [4.78, 5) is 0. The SMILES string of the molecule is Cc1noc(C)c1CNCC1(O)CCCC1. The molecule has 90 valence electrons. The Hall–Kier alpha value is -0.870. The van der Waals surface area contributed by atoms with Gasteiger partial charge in [0, 0.05) is 18.7 Å². The fourth-order valence-electron chi connectivity index (χ4n) is 2.38. The van der Waals surface area contributed by atoms with Crippen molar-refractivity contribution >= 4 is 0 Å². The van der Waals surface area contributed by atoms with Gasteiger partial charge < -0.3 is 14.9 Å². The van der Waals surface area contributed by atoms with Crippen LogP contribution < -0.4 is 5.32 Å². The average molecular weight is 224 g/mol. The van der Waals surface area contributed by atoms with Crippen LogP contribution in [0, 0.1) is 13.8 Å². The van der Waals surface area contributed by atoms with E-state index in [4.69, 9.17) is 4.52 Å². The quantitative estimate of drug-likeness (QED) is 0.817. The van der Waals surface area contributed by atoms with E-state index in [0.717, 1.165) is 49.2 Å². The summed E-state index contributed by atoms with van der Waals surface area (Å²) in [6.45, 7) is 5.25. The summed E-state index contributed by atoms with van der Waals surface area (Å²) in [7, 11) is 0. The summed E-state index contributed by atoms with van der Waals surface area (Å²) in [5, 5.41) is 17.4. The Morgan fingerprint density at radius 1 is 1.38 bits per heavy atom. The van der Waals surface area contributed by atoms with E-state index in [-0.39, 0.29) is 0 Å². The van der Waals surface area contributed by atoms with Crippen molar-refractivity contribution in [3.63, 3.8) is 0 Å². The molecule has 0 unspecified atom stereocenters. The first-order chi connectivity index (χ1) is 7.61. The van der Waals surface area contributed by atoms with Crippen molar-refractivity contribution in [1.29, 1.82) is 0 Å². The number of hydrogen-bond donors (Lipinski definition) is 2. The van der Waals surface area contributed by atoms with Gasteiger partial charge in [-0.25, -0.2) is 0 Å². The van der Waals surface area contributed by atoms with Crippen LogP contribution >= 0.6 is 0 Å². The molecule has 0 saturated heterocycles. The Balaban J connectivity index is 1.84. The molecule has 2 rings (SSSR count). The van der Waals surface area contributed by atoms with Crippen molar-refractivity contribution < 1.29 is 9.63 Å². The Morgan fingerprint density at radius 3 is 2.62 bits per heavy atom. The third kappa shape index (κ3) is 2.44. The van der Waals surface area contributed by atoms with Gasteiger partial charge in [-0.2, -0.15) is 0 Å². The number of rotatable bonds is 4. The standard InChI is InChI=1S/C12H20N2O2/c1-9-11(10(2)16-14-9)7-13-8-12(15)5-3-4-6-12/h13,15H,3-8H2,1-2H3. The second-order valence-corrected chi connectivity index (χ2v) is 4.84. The molecule has 1 aliphatic carbocycles. The van der Waals surface area contributed by atoms with Gasteiger partial charge in [-0.05, 0) is 26.7 Å². The molecule has 0 atom stereocenters. The van der Waals surface area contributed by atoms with Crippen molar-refractivity contribution in [2.75, 3.05) is 6.54 Å². The molecule has 1 aromatic rings. The fourth-order valence-corrected chi connectivity index (χ4v) is 2.38. The van der Waals surface area contributed by atoms with Gasteiger partial charge in [0.25, 0.3) is 0 Å². The van der Waals surface area contributed by atoms with Crippen LogP contribution in [0.25, 0.3) is 0 Å². The van der Waals surface area contributed by atoms with E-state index < -0.39 is 5.60 Å². The lowest BCUT2D eigenvalue weighted by Gasteiger charge is -2.22. The summed E-state index contributed by atoms with van der Waals surface area (Å²) < 4.78 is 5.09. The topological polar surface area (TPSA) is 58.3 Å². The number of hydrogen-bond acceptors (Lipinski definition) is 4. The van der Waals surface area contributed by atoms with Gasteiger partial charge in [0.15, 0.2) is 0 Å². The molecular weight excluding hydrogens is 204 g/mol. The van der Waals surface area contributed by atoms with Gasteiger partial charge in [0.05, 0.1) is 11.3 Å². The van der Waals surface area contributed by atoms with Gasteiger partial charge in [-0.3, -0.25) is 0 Å². The van der Waals surface area contributed by atoms with E-state index in [0.29, 0.717) is 6.54 Å². The van der Waals surface area contributed by atoms with Crippen molar-refractivity contribution in [3.8, 4) is 0 Å². The van der Waals surface area contributed by atoms with Crippen LogP contribution in [0.15, 0.2) is 4.52 Å². The van der Waals surface area contributed by atoms with E-state index >= 15 is 0 Å². The number of aromatic nitrogens is 1. The van der Waals surface area contributed by atoms with Crippen LogP contribution in [0.1, 0.15) is 42.7 Å². The molecule has 0 aliphatic heterocycles. The number of aryl methyl sites for hydroxylation is 2. The Bertz CT molecular complexity index is 334. The van der Waals surface area contributed by atoms with Gasteiger partial charge >= 0.3 is 0 Å². The van der Waals surface area contributed by atoms with Crippen LogP contribution in [0.4, 0.5) is 0 Å². The monoisotopic (exact) mass is 224 g/mol. The lowest BCUT2D eigenvalue weighted by atomic mass is 10.0. The lowest BCUT2D eigenvalue weighted by molar-refractivity contribution is 0.0474. The highest BCUT2D eigenvalue weighted by Crippen LogP contribution is 2.28. The van der Waals surface area contributed by atoms with E-state index in [1.54, 1.807) is 0 Å². The van der Waals surface area contributed by atoms with Crippen molar-refractivity contribution in [2.45, 2.75) is 51.7 Å². The molecular formula is C12H20N2O2. The molecule has 1 aliphatic rings. The molecule has 4 heteroatoms. The predicted molar refractivity (Wildman–Crippen MR) is 61.1 cm³/mol. The summed E-state index contributed by atoms with van der Waals surface area (Å²) in [6, 6.07) is 0. The van der Waals surface area contributed by atoms with Crippen LogP contribution in [0.2, 0.25) is 0 Å². The minimum absolute atomic E-state index is 0.487. The fraction of sp³-hybridized carbons (Fsp3) is 0.750. The lowest BCUT2D eigenvalue weighted by Crippen LogP contribution is -2.37. The summed E-state index contributed by atoms with van der Waals surface area (Å²) in [5.74, 6) is 0.864. The molecule has 0 spiro atoms. The Labute approximate surface area is 96.0 Å². The van der Waals surface area contributed by atoms with Crippen LogP contribution in [0.5, 0.6) is 0 Å². The molecule has 4 nitrogen and oxygen atoms in total. The second kappa shape index (κ2) is 4.55. The zero-order chi connectivity index (χ0) is 11.6. The van der Waals surface area contributed by atoms with Gasteiger partial charge in [0.2, 0.25) is 0 Å². The normalized spacial score (nSPS) is 19.2. The van der Waals surface area contributed by atoms with Gasteiger partial charge in [-0.15, -0.1) is 0 Å². The summed E-state index contributed by atoms with van der Waals surface area (Å²) >= 11 is 0. The molecule has 1 aromatic heterocycles. The van der Waals surface area contributed by atoms with Crippen molar-refractivity contribution in [2.24, 2.45) is 0 Å². The van der Waals surface area contributed by atoms with Crippen LogP contribution in [0.3, 0.4) is 0 Å². The van der Waals surface area contributed by atoms with E-state index in [1.807, 2.05) is 13.8 Å². The number of aliphatic hydroxyl groups is 1. The molecule has 1 fully saturated rings. The zero-order valence-electron chi connectivity index (χ0n) is 10.0. The first kappa shape index (κ1) is 11.6. The van der Waals surface area contributed by atoms with Crippen LogP contribution in [-0.4, -0.2) is 22.4 Å². The average Bonchev–Trinajstić information content (AvgIpc) is 2.79. The predicted octanol–water partition coefficient (Wildman–Crippen LogP) is 1.69. The molecule has 1 saturated carbocycles. The van der Waals surface area contributed by atoms with Gasteiger partial charge in [0.1, 0.15) is 5.76 Å².